The molecule has 0 radical (unpaired) electrons. The molecule has 24 heavy (non-hydrogen) atoms. The van der Waals surface area contributed by atoms with Gasteiger partial charge in [-0.1, -0.05) is 45.8 Å². The normalized spacial score (nSPS) is 10.3. The van der Waals surface area contributed by atoms with Crippen molar-refractivity contribution in [3.05, 3.63) is 63.6 Å². The monoisotopic (exact) mass is 388 g/mol. The molecule has 0 aliphatic rings. The van der Waals surface area contributed by atoms with Gasteiger partial charge in [0.05, 0.1) is 0 Å². The Kier molecular flexibility index (Phi) is 6.15. The van der Waals surface area contributed by atoms with Crippen LogP contribution in [0.25, 0.3) is 0 Å². The molecule has 0 bridgehead atoms. The van der Waals surface area contributed by atoms with Gasteiger partial charge in [-0.15, -0.1) is 0 Å². The first-order chi connectivity index (χ1) is 11.4. The highest BCUT2D eigenvalue weighted by Gasteiger charge is 2.17. The van der Waals surface area contributed by atoms with Gasteiger partial charge in [0.15, 0.2) is 0 Å². The topological polar surface area (TPSA) is 49.4 Å². The van der Waals surface area contributed by atoms with Crippen LogP contribution in [0.2, 0.25) is 0 Å². The van der Waals surface area contributed by atoms with E-state index in [0.29, 0.717) is 6.54 Å². The molecule has 0 fully saturated rings. The largest absolute Gasteiger partial charge is 0.350 e. The van der Waals surface area contributed by atoms with E-state index in [-0.39, 0.29) is 18.4 Å². The lowest BCUT2D eigenvalue weighted by Crippen LogP contribution is -2.40. The molecule has 0 aliphatic carbocycles. The van der Waals surface area contributed by atoms with Crippen LogP contribution in [-0.4, -0.2) is 18.4 Å². The van der Waals surface area contributed by atoms with Gasteiger partial charge in [0.2, 0.25) is 11.8 Å². The molecular formula is C19H21BrN2O2. The van der Waals surface area contributed by atoms with E-state index in [0.717, 1.165) is 21.3 Å². The van der Waals surface area contributed by atoms with Crippen LogP contribution in [0.15, 0.2) is 46.9 Å². The fraction of sp³-hybridized carbons (Fsp3) is 0.263. The predicted molar refractivity (Wildman–Crippen MR) is 99.9 cm³/mol. The summed E-state index contributed by atoms with van der Waals surface area (Å²) in [7, 11) is 0. The van der Waals surface area contributed by atoms with Crippen LogP contribution in [0.1, 0.15) is 23.6 Å². The summed E-state index contributed by atoms with van der Waals surface area (Å²) in [5.74, 6) is -0.348. The molecule has 4 nitrogen and oxygen atoms in total. The lowest BCUT2D eigenvalue weighted by Gasteiger charge is -2.22. The third-order valence-electron chi connectivity index (χ3n) is 3.74. The van der Waals surface area contributed by atoms with Gasteiger partial charge in [-0.3, -0.25) is 9.59 Å². The van der Waals surface area contributed by atoms with Gasteiger partial charge in [-0.05, 0) is 43.2 Å². The maximum atomic E-state index is 12.2. The summed E-state index contributed by atoms with van der Waals surface area (Å²) in [6.07, 6.45) is 0. The second-order valence-corrected chi connectivity index (χ2v) is 6.71. The maximum Gasteiger partial charge on any atom is 0.240 e. The lowest BCUT2D eigenvalue weighted by atomic mass is 10.1. The van der Waals surface area contributed by atoms with Crippen LogP contribution < -0.4 is 10.2 Å². The summed E-state index contributed by atoms with van der Waals surface area (Å²) >= 11 is 3.41. The summed E-state index contributed by atoms with van der Waals surface area (Å²) in [6, 6.07) is 13.6. The summed E-state index contributed by atoms with van der Waals surface area (Å²) in [5, 5.41) is 2.86. The van der Waals surface area contributed by atoms with E-state index < -0.39 is 0 Å². The van der Waals surface area contributed by atoms with E-state index in [1.165, 1.54) is 17.4 Å². The van der Waals surface area contributed by atoms with Gasteiger partial charge >= 0.3 is 0 Å². The number of amides is 2. The summed E-state index contributed by atoms with van der Waals surface area (Å²) in [4.78, 5) is 25.7. The molecule has 2 aromatic carbocycles. The van der Waals surface area contributed by atoms with Crippen molar-refractivity contribution in [3.63, 3.8) is 0 Å². The van der Waals surface area contributed by atoms with Crippen molar-refractivity contribution in [2.75, 3.05) is 11.4 Å². The Labute approximate surface area is 151 Å². The number of carbonyl (C=O) groups is 2. The van der Waals surface area contributed by atoms with Crippen LogP contribution in [0.5, 0.6) is 0 Å². The zero-order valence-corrected chi connectivity index (χ0v) is 15.7. The highest BCUT2D eigenvalue weighted by molar-refractivity contribution is 9.10. The summed E-state index contributed by atoms with van der Waals surface area (Å²) in [6.45, 7) is 5.86. The van der Waals surface area contributed by atoms with Crippen molar-refractivity contribution in [2.24, 2.45) is 0 Å². The fourth-order valence-corrected chi connectivity index (χ4v) is 2.87. The predicted octanol–water partition coefficient (Wildman–Crippen LogP) is 3.74. The van der Waals surface area contributed by atoms with Crippen molar-refractivity contribution in [3.8, 4) is 0 Å². The summed E-state index contributed by atoms with van der Waals surface area (Å²) < 4.78 is 0.941. The molecule has 5 heteroatoms. The number of nitrogens with zero attached hydrogens (tertiary/aromatic N) is 1. The number of anilines is 1. The van der Waals surface area contributed by atoms with Crippen molar-refractivity contribution >= 4 is 33.4 Å². The van der Waals surface area contributed by atoms with Crippen molar-refractivity contribution in [2.45, 2.75) is 27.3 Å². The zero-order valence-electron chi connectivity index (χ0n) is 14.1. The third-order valence-corrected chi connectivity index (χ3v) is 4.24. The Hall–Kier alpha value is -2.14. The minimum atomic E-state index is -0.187. The van der Waals surface area contributed by atoms with E-state index in [2.05, 4.69) is 21.2 Å². The van der Waals surface area contributed by atoms with Gasteiger partial charge in [-0.25, -0.2) is 0 Å². The first-order valence-corrected chi connectivity index (χ1v) is 8.52. The van der Waals surface area contributed by atoms with Gasteiger partial charge in [-0.2, -0.15) is 0 Å². The number of halogens is 1. The minimum Gasteiger partial charge on any atom is -0.350 e. The van der Waals surface area contributed by atoms with Gasteiger partial charge in [0.1, 0.15) is 6.54 Å². The molecule has 0 heterocycles. The number of carbonyl (C=O) groups excluding carboxylic acids is 2. The molecule has 0 saturated heterocycles. The number of rotatable bonds is 5. The molecule has 126 valence electrons. The molecule has 0 unspecified atom stereocenters. The number of aryl methyl sites for hydroxylation is 2. The second kappa shape index (κ2) is 8.11. The first kappa shape index (κ1) is 18.2. The average molecular weight is 389 g/mol. The maximum absolute atomic E-state index is 12.2. The molecular weight excluding hydrogens is 368 g/mol. The molecule has 2 aromatic rings. The Bertz CT molecular complexity index is 742. The standard InChI is InChI=1S/C19H21BrN2O2/c1-13-4-6-16(7-5-13)11-21-19(24)12-22(15(3)23)18-9-8-17(20)10-14(18)2/h4-10H,11-12H2,1-3H3,(H,21,24). The average Bonchev–Trinajstić information content (AvgIpc) is 2.52. The summed E-state index contributed by atoms with van der Waals surface area (Å²) in [5.41, 5.74) is 3.89. The number of hydrogen-bond acceptors (Lipinski definition) is 2. The van der Waals surface area contributed by atoms with Crippen LogP contribution in [0, 0.1) is 13.8 Å². The second-order valence-electron chi connectivity index (χ2n) is 5.80. The smallest absolute Gasteiger partial charge is 0.240 e. The van der Waals surface area contributed by atoms with Crippen molar-refractivity contribution in [1.29, 1.82) is 0 Å². The quantitative estimate of drug-likeness (QED) is 0.847. The minimum absolute atomic E-state index is 0.00364. The van der Waals surface area contributed by atoms with Crippen LogP contribution in [0.4, 0.5) is 5.69 Å². The van der Waals surface area contributed by atoms with E-state index in [9.17, 15) is 9.59 Å². The van der Waals surface area contributed by atoms with E-state index in [4.69, 9.17) is 0 Å². The van der Waals surface area contributed by atoms with Crippen molar-refractivity contribution in [1.82, 2.24) is 5.32 Å². The Balaban J connectivity index is 2.03. The van der Waals surface area contributed by atoms with Gasteiger partial charge in [0, 0.05) is 23.6 Å². The van der Waals surface area contributed by atoms with Gasteiger partial charge < -0.3 is 10.2 Å². The first-order valence-electron chi connectivity index (χ1n) is 7.73. The fourth-order valence-electron chi connectivity index (χ4n) is 2.39. The number of nitrogens with one attached hydrogen (secondary N) is 1. The van der Waals surface area contributed by atoms with Crippen LogP contribution in [-0.2, 0) is 16.1 Å². The Morgan fingerprint density at radius 3 is 2.33 bits per heavy atom. The molecule has 0 aliphatic heterocycles. The molecule has 0 aromatic heterocycles. The van der Waals surface area contributed by atoms with E-state index >= 15 is 0 Å². The molecule has 2 rings (SSSR count). The lowest BCUT2D eigenvalue weighted by molar-refractivity contribution is -0.123. The highest BCUT2D eigenvalue weighted by atomic mass is 79.9. The van der Waals surface area contributed by atoms with Crippen LogP contribution >= 0.6 is 15.9 Å². The van der Waals surface area contributed by atoms with Crippen molar-refractivity contribution < 1.29 is 9.59 Å². The third kappa shape index (κ3) is 4.93. The molecule has 0 saturated carbocycles. The molecule has 0 spiro atoms. The molecule has 0 atom stereocenters. The number of benzene rings is 2. The zero-order chi connectivity index (χ0) is 17.7. The molecule has 2 amide bonds. The highest BCUT2D eigenvalue weighted by Crippen LogP contribution is 2.24. The SMILES string of the molecule is CC(=O)N(CC(=O)NCc1ccc(C)cc1)c1ccc(Br)cc1C. The van der Waals surface area contributed by atoms with Gasteiger partial charge in [0.25, 0.3) is 0 Å². The van der Waals surface area contributed by atoms with E-state index in [1.807, 2.05) is 56.3 Å². The Morgan fingerprint density at radius 1 is 1.08 bits per heavy atom. The van der Waals surface area contributed by atoms with E-state index in [1.54, 1.807) is 0 Å². The molecule has 1 N–H and O–H groups in total. The number of hydrogen-bond donors (Lipinski definition) is 1. The van der Waals surface area contributed by atoms with Crippen LogP contribution in [0.3, 0.4) is 0 Å². The Morgan fingerprint density at radius 2 is 1.75 bits per heavy atom.